The predicted octanol–water partition coefficient (Wildman–Crippen LogP) is 2.62. The van der Waals surface area contributed by atoms with Crippen molar-refractivity contribution in [2.75, 3.05) is 20.2 Å². The highest BCUT2D eigenvalue weighted by Crippen LogP contribution is 2.39. The third kappa shape index (κ3) is 2.72. The van der Waals surface area contributed by atoms with Crippen molar-refractivity contribution in [1.29, 1.82) is 0 Å². The van der Waals surface area contributed by atoms with Gasteiger partial charge in [0.15, 0.2) is 0 Å². The smallest absolute Gasteiger partial charge is 0.122 e. The molecule has 0 radical (unpaired) electrons. The summed E-state index contributed by atoms with van der Waals surface area (Å²) in [6.07, 6.45) is 3.37. The van der Waals surface area contributed by atoms with Crippen molar-refractivity contribution >= 4 is 5.84 Å². The zero-order valence-electron chi connectivity index (χ0n) is 14.1. The van der Waals surface area contributed by atoms with Crippen LogP contribution in [0.1, 0.15) is 44.7 Å². The number of methoxy groups -OCH3 is 1. The first-order valence-corrected chi connectivity index (χ1v) is 8.20. The first-order chi connectivity index (χ1) is 10.4. The summed E-state index contributed by atoms with van der Waals surface area (Å²) in [6, 6.07) is 6.46. The molecule has 120 valence electrons. The minimum atomic E-state index is -0.161. The molecule has 0 saturated heterocycles. The Morgan fingerprint density at radius 3 is 2.86 bits per heavy atom. The SMILES string of the molecule is COc1ccc2c(c1)CCCC21NCCN=C1NC(C)(C)C. The van der Waals surface area contributed by atoms with Gasteiger partial charge in [-0.25, -0.2) is 0 Å². The number of fused-ring (bicyclic) bond motifs is 2. The molecule has 1 unspecified atom stereocenters. The van der Waals surface area contributed by atoms with Crippen LogP contribution < -0.4 is 15.4 Å². The number of hydrogen-bond donors (Lipinski definition) is 2. The quantitative estimate of drug-likeness (QED) is 0.838. The minimum Gasteiger partial charge on any atom is -0.497 e. The second-order valence-corrected chi connectivity index (χ2v) is 7.31. The van der Waals surface area contributed by atoms with Crippen molar-refractivity contribution in [3.05, 3.63) is 29.3 Å². The minimum absolute atomic E-state index is 0.00886. The molecule has 2 aliphatic rings. The summed E-state index contributed by atoms with van der Waals surface area (Å²) in [5, 5.41) is 7.41. The largest absolute Gasteiger partial charge is 0.497 e. The number of amidine groups is 1. The van der Waals surface area contributed by atoms with Gasteiger partial charge in [-0.05, 0) is 63.3 Å². The highest BCUT2D eigenvalue weighted by atomic mass is 16.5. The molecule has 1 aromatic carbocycles. The fourth-order valence-electron chi connectivity index (χ4n) is 3.59. The van der Waals surface area contributed by atoms with Crippen LogP contribution in [0.15, 0.2) is 23.2 Å². The average Bonchev–Trinajstić information content (AvgIpc) is 2.48. The molecule has 3 rings (SSSR count). The molecule has 1 aliphatic heterocycles. The molecule has 0 aromatic heterocycles. The first kappa shape index (κ1) is 15.3. The van der Waals surface area contributed by atoms with Crippen molar-refractivity contribution in [3.63, 3.8) is 0 Å². The molecule has 1 aromatic rings. The number of hydrogen-bond acceptors (Lipinski definition) is 4. The van der Waals surface area contributed by atoms with Crippen LogP contribution in [-0.2, 0) is 12.0 Å². The maximum Gasteiger partial charge on any atom is 0.122 e. The lowest BCUT2D eigenvalue weighted by Gasteiger charge is -2.45. The van der Waals surface area contributed by atoms with Crippen molar-refractivity contribution < 1.29 is 4.74 Å². The molecule has 1 spiro atoms. The normalized spacial score (nSPS) is 24.6. The second-order valence-electron chi connectivity index (χ2n) is 7.31. The van der Waals surface area contributed by atoms with Gasteiger partial charge in [-0.1, -0.05) is 6.07 Å². The van der Waals surface area contributed by atoms with E-state index in [1.165, 1.54) is 11.1 Å². The fourth-order valence-corrected chi connectivity index (χ4v) is 3.59. The van der Waals surface area contributed by atoms with Gasteiger partial charge in [-0.2, -0.15) is 0 Å². The van der Waals surface area contributed by atoms with Gasteiger partial charge in [-0.3, -0.25) is 10.3 Å². The molecule has 4 heteroatoms. The van der Waals surface area contributed by atoms with Gasteiger partial charge >= 0.3 is 0 Å². The molecule has 2 N–H and O–H groups in total. The lowest BCUT2D eigenvalue weighted by molar-refractivity contribution is 0.347. The molecular formula is C18H27N3O. The lowest BCUT2D eigenvalue weighted by atomic mass is 9.74. The Morgan fingerprint density at radius 2 is 2.14 bits per heavy atom. The van der Waals surface area contributed by atoms with Gasteiger partial charge in [0.2, 0.25) is 0 Å². The Labute approximate surface area is 133 Å². The van der Waals surface area contributed by atoms with Crippen LogP contribution in [0.2, 0.25) is 0 Å². The summed E-state index contributed by atoms with van der Waals surface area (Å²) in [5.74, 6) is 2.03. The third-order valence-electron chi connectivity index (χ3n) is 4.48. The van der Waals surface area contributed by atoms with Gasteiger partial charge in [0.05, 0.1) is 13.7 Å². The lowest BCUT2D eigenvalue weighted by Crippen LogP contribution is -2.61. The standard InChI is InChI=1S/C18H27N3O/c1-17(2,3)21-16-18(20-11-10-19-16)9-5-6-13-12-14(22-4)7-8-15(13)18/h7-8,12,20H,5-6,9-11H2,1-4H3,(H,19,21). The molecule has 0 saturated carbocycles. The fraction of sp³-hybridized carbons (Fsp3) is 0.611. The van der Waals surface area contributed by atoms with Crippen molar-refractivity contribution in [2.45, 2.75) is 51.1 Å². The molecule has 22 heavy (non-hydrogen) atoms. The number of aryl methyl sites for hydroxylation is 1. The summed E-state index contributed by atoms with van der Waals surface area (Å²) in [5.41, 5.74) is 2.58. The number of aliphatic imine (C=N–C) groups is 1. The molecule has 0 fully saturated rings. The Kier molecular flexibility index (Phi) is 3.89. The molecule has 0 amide bonds. The number of nitrogens with zero attached hydrogens (tertiary/aromatic N) is 1. The number of rotatable bonds is 1. The zero-order valence-corrected chi connectivity index (χ0v) is 14.1. The van der Waals surface area contributed by atoms with Gasteiger partial charge in [0.1, 0.15) is 17.1 Å². The number of benzene rings is 1. The Morgan fingerprint density at radius 1 is 1.32 bits per heavy atom. The Balaban J connectivity index is 2.06. The topological polar surface area (TPSA) is 45.6 Å². The average molecular weight is 301 g/mol. The second kappa shape index (κ2) is 5.58. The highest BCUT2D eigenvalue weighted by molar-refractivity contribution is 5.94. The summed E-state index contributed by atoms with van der Waals surface area (Å²) < 4.78 is 5.40. The van der Waals surface area contributed by atoms with Gasteiger partial charge in [0.25, 0.3) is 0 Å². The van der Waals surface area contributed by atoms with Crippen LogP contribution in [-0.4, -0.2) is 31.6 Å². The molecule has 1 heterocycles. The van der Waals surface area contributed by atoms with E-state index in [2.05, 4.69) is 49.6 Å². The van der Waals surface area contributed by atoms with Gasteiger partial charge in [-0.15, -0.1) is 0 Å². The molecule has 1 atom stereocenters. The molecule has 4 nitrogen and oxygen atoms in total. The van der Waals surface area contributed by atoms with E-state index < -0.39 is 0 Å². The van der Waals surface area contributed by atoms with E-state index >= 15 is 0 Å². The van der Waals surface area contributed by atoms with Crippen molar-refractivity contribution in [3.8, 4) is 5.75 Å². The summed E-state index contributed by atoms with van der Waals surface area (Å²) in [6.45, 7) is 8.34. The summed E-state index contributed by atoms with van der Waals surface area (Å²) in [4.78, 5) is 4.85. The van der Waals surface area contributed by atoms with E-state index in [1.807, 2.05) is 0 Å². The van der Waals surface area contributed by atoms with Gasteiger partial charge < -0.3 is 10.1 Å². The van der Waals surface area contributed by atoms with Crippen LogP contribution in [0.4, 0.5) is 0 Å². The Hall–Kier alpha value is -1.55. The van der Waals surface area contributed by atoms with E-state index in [4.69, 9.17) is 9.73 Å². The summed E-state index contributed by atoms with van der Waals surface area (Å²) in [7, 11) is 1.73. The molecule has 0 bridgehead atoms. The monoisotopic (exact) mass is 301 g/mol. The number of ether oxygens (including phenoxy) is 1. The van der Waals surface area contributed by atoms with Crippen molar-refractivity contribution in [1.82, 2.24) is 10.6 Å². The van der Waals surface area contributed by atoms with Crippen LogP contribution in [0.5, 0.6) is 5.75 Å². The van der Waals surface area contributed by atoms with E-state index in [0.717, 1.165) is 43.9 Å². The molecule has 1 aliphatic carbocycles. The van der Waals surface area contributed by atoms with Gasteiger partial charge in [0, 0.05) is 12.1 Å². The van der Waals surface area contributed by atoms with E-state index in [-0.39, 0.29) is 11.1 Å². The number of nitrogens with one attached hydrogen (secondary N) is 2. The maximum absolute atomic E-state index is 5.40. The summed E-state index contributed by atoms with van der Waals surface area (Å²) >= 11 is 0. The van der Waals surface area contributed by atoms with Crippen LogP contribution in [0.3, 0.4) is 0 Å². The third-order valence-corrected chi connectivity index (χ3v) is 4.48. The zero-order chi connectivity index (χ0) is 15.8. The van der Waals surface area contributed by atoms with Crippen LogP contribution in [0.25, 0.3) is 0 Å². The van der Waals surface area contributed by atoms with E-state index in [9.17, 15) is 0 Å². The first-order valence-electron chi connectivity index (χ1n) is 8.20. The Bertz CT molecular complexity index is 588. The van der Waals surface area contributed by atoms with E-state index in [1.54, 1.807) is 7.11 Å². The predicted molar refractivity (Wildman–Crippen MR) is 90.8 cm³/mol. The van der Waals surface area contributed by atoms with Crippen LogP contribution >= 0.6 is 0 Å². The maximum atomic E-state index is 5.40. The van der Waals surface area contributed by atoms with E-state index in [0.29, 0.717) is 0 Å². The highest BCUT2D eigenvalue weighted by Gasteiger charge is 2.43. The van der Waals surface area contributed by atoms with Crippen LogP contribution in [0, 0.1) is 0 Å². The van der Waals surface area contributed by atoms with Crippen molar-refractivity contribution in [2.24, 2.45) is 4.99 Å². The molecular weight excluding hydrogens is 274 g/mol.